The third-order valence-electron chi connectivity index (χ3n) is 6.24. The lowest BCUT2D eigenvalue weighted by atomic mass is 10.2. The molecule has 0 aromatic carbocycles. The molecule has 56 heavy (non-hydrogen) atoms. The molecule has 2 rings (SSSR count). The second kappa shape index (κ2) is 15.7. The minimum Gasteiger partial charge on any atom is -0.458 e. The number of hydrogen-bond acceptors (Lipinski definition) is 10. The molecule has 2 saturated heterocycles. The van der Waals surface area contributed by atoms with Crippen molar-refractivity contribution in [1.82, 2.24) is 0 Å². The van der Waals surface area contributed by atoms with Gasteiger partial charge in [0.2, 0.25) is 0 Å². The molecule has 0 bridgehead atoms. The molecular formula is C24H22F22O10. The molecule has 0 N–H and O–H groups in total. The fourth-order valence-electron chi connectivity index (χ4n) is 3.50. The largest absolute Gasteiger partial charge is 0.462 e. The number of carbonyl (C=O) groups excluding carboxylic acids is 2. The zero-order chi connectivity index (χ0) is 44.8. The highest BCUT2D eigenvalue weighted by atomic mass is 19.4. The van der Waals surface area contributed by atoms with Crippen LogP contribution in [0.15, 0.2) is 0 Å². The van der Waals surface area contributed by atoms with E-state index in [0.29, 0.717) is 0 Å². The van der Waals surface area contributed by atoms with E-state index in [1.807, 2.05) is 0 Å². The third kappa shape index (κ3) is 11.0. The van der Waals surface area contributed by atoms with Crippen LogP contribution in [-0.2, 0) is 47.5 Å². The number of ether oxygens (including phenoxy) is 8. The van der Waals surface area contributed by atoms with E-state index in [9.17, 15) is 106 Å². The number of carbonyl (C=O) groups is 2. The van der Waals surface area contributed by atoms with Crippen molar-refractivity contribution >= 4 is 11.9 Å². The summed E-state index contributed by atoms with van der Waals surface area (Å²) in [5, 5.41) is 0. The van der Waals surface area contributed by atoms with Gasteiger partial charge in [0.05, 0.1) is 19.3 Å². The molecular weight excluding hydrogens is 866 g/mol. The van der Waals surface area contributed by atoms with Crippen molar-refractivity contribution < 1.29 is 144 Å². The Balaban J connectivity index is 0.000000560. The molecule has 2 fully saturated rings. The van der Waals surface area contributed by atoms with Crippen LogP contribution in [-0.4, -0.2) is 123 Å². The van der Waals surface area contributed by atoms with Crippen LogP contribution >= 0.6 is 0 Å². The van der Waals surface area contributed by atoms with Crippen LogP contribution in [0.1, 0.15) is 27.7 Å². The van der Waals surface area contributed by atoms with Crippen LogP contribution in [0.4, 0.5) is 96.6 Å². The van der Waals surface area contributed by atoms with Crippen LogP contribution in [0.3, 0.4) is 0 Å². The van der Waals surface area contributed by atoms with Crippen LogP contribution < -0.4 is 0 Å². The Kier molecular flexibility index (Phi) is 14.4. The van der Waals surface area contributed by atoms with Gasteiger partial charge in [-0.15, -0.1) is 0 Å². The van der Waals surface area contributed by atoms with E-state index < -0.39 is 116 Å². The highest BCUT2D eigenvalue weighted by Crippen LogP contribution is 2.53. The van der Waals surface area contributed by atoms with Gasteiger partial charge in [0.15, 0.2) is 11.6 Å². The van der Waals surface area contributed by atoms with Crippen LogP contribution in [0.5, 0.6) is 0 Å². The van der Waals surface area contributed by atoms with Gasteiger partial charge in [-0.25, -0.2) is 9.59 Å². The van der Waals surface area contributed by atoms with Gasteiger partial charge in [-0.1, -0.05) is 0 Å². The molecule has 2 aliphatic heterocycles. The van der Waals surface area contributed by atoms with E-state index in [1.54, 1.807) is 0 Å². The molecule has 0 radical (unpaired) electrons. The van der Waals surface area contributed by atoms with Crippen LogP contribution in [0, 0.1) is 0 Å². The van der Waals surface area contributed by atoms with Gasteiger partial charge in [0, 0.05) is 0 Å². The van der Waals surface area contributed by atoms with E-state index in [-0.39, 0.29) is 6.61 Å². The van der Waals surface area contributed by atoms with Gasteiger partial charge >= 0.3 is 72.4 Å². The molecule has 0 aromatic heterocycles. The van der Waals surface area contributed by atoms with E-state index in [1.165, 1.54) is 20.8 Å². The summed E-state index contributed by atoms with van der Waals surface area (Å²) in [6.07, 6.45) is -44.1. The molecule has 5 atom stereocenters. The quantitative estimate of drug-likeness (QED) is 0.145. The van der Waals surface area contributed by atoms with E-state index in [0.717, 1.165) is 6.92 Å². The summed E-state index contributed by atoms with van der Waals surface area (Å²) in [7, 11) is 0. The van der Waals surface area contributed by atoms with Crippen molar-refractivity contribution in [2.75, 3.05) is 26.4 Å². The summed E-state index contributed by atoms with van der Waals surface area (Å²) in [5.74, 6) is -37.2. The lowest BCUT2D eigenvalue weighted by molar-refractivity contribution is -0.475. The molecule has 0 aromatic rings. The highest BCUT2D eigenvalue weighted by Gasteiger charge is 2.81. The molecule has 332 valence electrons. The topological polar surface area (TPSA) is 108 Å². The minimum absolute atomic E-state index is 0.166. The predicted octanol–water partition coefficient (Wildman–Crippen LogP) is 7.43. The Labute approximate surface area is 295 Å². The summed E-state index contributed by atoms with van der Waals surface area (Å²) in [4.78, 5) is 22.6. The molecule has 10 nitrogen and oxygen atoms in total. The minimum atomic E-state index is -7.28. The molecule has 5 unspecified atom stereocenters. The molecule has 2 heterocycles. The zero-order valence-corrected chi connectivity index (χ0v) is 27.4. The first-order chi connectivity index (χ1) is 24.3. The number of hydrogen-bond donors (Lipinski definition) is 0. The van der Waals surface area contributed by atoms with Gasteiger partial charge in [0.1, 0.15) is 19.3 Å². The standard InChI is InChI=1S/2C12H11F11O5/c1-7(2)26-4-5(27-7)3-25-6(24)8(13,10(16,17)18)28-12(22,23)9(14,15)11(19,20)21;1-5-3-26-7(2,27-5)4-25-6(24)8(13,10(16,17)18)28-12(22,23)9(14,15)11(19,20)21/h2*5H,3-4H2,1-2H3. The highest BCUT2D eigenvalue weighted by molar-refractivity contribution is 5.79. The van der Waals surface area contributed by atoms with Crippen molar-refractivity contribution in [3.8, 4) is 0 Å². The maximum atomic E-state index is 13.9. The van der Waals surface area contributed by atoms with Crippen molar-refractivity contribution in [3.05, 3.63) is 0 Å². The van der Waals surface area contributed by atoms with E-state index >= 15 is 0 Å². The lowest BCUT2D eigenvalue weighted by Gasteiger charge is -2.34. The fourth-order valence-corrected chi connectivity index (χ4v) is 3.50. The molecule has 0 amide bonds. The molecule has 2 aliphatic rings. The fraction of sp³-hybridized carbons (Fsp3) is 0.917. The average molecular weight is 888 g/mol. The van der Waals surface area contributed by atoms with Crippen molar-refractivity contribution in [1.29, 1.82) is 0 Å². The molecule has 0 spiro atoms. The number of alkyl halides is 22. The summed E-state index contributed by atoms with van der Waals surface area (Å²) < 4.78 is 310. The van der Waals surface area contributed by atoms with Gasteiger partial charge in [-0.3, -0.25) is 9.47 Å². The summed E-state index contributed by atoms with van der Waals surface area (Å²) in [6, 6.07) is 0. The van der Waals surface area contributed by atoms with E-state index in [4.69, 9.17) is 18.9 Å². The zero-order valence-electron chi connectivity index (χ0n) is 27.4. The second-order valence-corrected chi connectivity index (χ2v) is 11.6. The smallest absolute Gasteiger partial charge is 0.458 e. The van der Waals surface area contributed by atoms with Gasteiger partial charge in [-0.2, -0.15) is 96.6 Å². The predicted molar refractivity (Wildman–Crippen MR) is 126 cm³/mol. The van der Waals surface area contributed by atoms with Gasteiger partial charge in [-0.05, 0) is 27.7 Å². The van der Waals surface area contributed by atoms with E-state index in [2.05, 4.69) is 18.9 Å². The number of rotatable bonds is 12. The van der Waals surface area contributed by atoms with Crippen molar-refractivity contribution in [2.24, 2.45) is 0 Å². The third-order valence-corrected chi connectivity index (χ3v) is 6.24. The summed E-state index contributed by atoms with van der Waals surface area (Å²) in [5.41, 5.74) is 0. The molecule has 0 aliphatic carbocycles. The van der Waals surface area contributed by atoms with Crippen molar-refractivity contribution in [2.45, 2.75) is 112 Å². The maximum Gasteiger partial charge on any atom is 0.462 e. The number of halogens is 22. The van der Waals surface area contributed by atoms with Crippen LogP contribution in [0.25, 0.3) is 0 Å². The Morgan fingerprint density at radius 2 is 0.929 bits per heavy atom. The second-order valence-electron chi connectivity index (χ2n) is 11.6. The van der Waals surface area contributed by atoms with Crippen molar-refractivity contribution in [3.63, 3.8) is 0 Å². The Hall–Kier alpha value is -2.84. The Bertz CT molecular complexity index is 1380. The van der Waals surface area contributed by atoms with Crippen LogP contribution in [0.2, 0.25) is 0 Å². The maximum absolute atomic E-state index is 13.9. The summed E-state index contributed by atoms with van der Waals surface area (Å²) >= 11 is 0. The molecule has 0 saturated carbocycles. The Morgan fingerprint density at radius 1 is 0.554 bits per heavy atom. The van der Waals surface area contributed by atoms with Gasteiger partial charge in [0.25, 0.3) is 0 Å². The first kappa shape index (κ1) is 51.2. The Morgan fingerprint density at radius 3 is 1.21 bits per heavy atom. The first-order valence-electron chi connectivity index (χ1n) is 13.9. The summed E-state index contributed by atoms with van der Waals surface area (Å²) in [6.45, 7) is 1.82. The SMILES string of the molecule is CC1(C)OCC(COC(=O)C(F)(OC(F)(F)C(F)(F)C(F)(F)F)C(F)(F)F)O1.CC1COC(C)(COC(=O)C(F)(OC(F)(F)C(F)(F)C(F)(F)F)C(F)(F)F)O1. The number of esters is 2. The lowest BCUT2D eigenvalue weighted by Crippen LogP contribution is -2.62. The average Bonchev–Trinajstić information content (AvgIpc) is 3.51. The molecule has 32 heteroatoms. The van der Waals surface area contributed by atoms with Gasteiger partial charge < -0.3 is 28.4 Å². The first-order valence-corrected chi connectivity index (χ1v) is 13.9. The monoisotopic (exact) mass is 888 g/mol. The normalized spacial score (nSPS) is 25.1.